The van der Waals surface area contributed by atoms with Crippen molar-refractivity contribution in [2.45, 2.75) is 86.2 Å². The highest BCUT2D eigenvalue weighted by atomic mass is 16.3. The zero-order valence-corrected chi connectivity index (χ0v) is 23.9. The predicted octanol–water partition coefficient (Wildman–Crippen LogP) is 5.94. The molecule has 4 atom stereocenters. The van der Waals surface area contributed by atoms with E-state index in [0.29, 0.717) is 5.56 Å². The van der Waals surface area contributed by atoms with E-state index in [9.17, 15) is 34.8 Å². The third-order valence-corrected chi connectivity index (χ3v) is 9.25. The first-order chi connectivity index (χ1) is 18.1. The second-order valence-corrected chi connectivity index (χ2v) is 12.6. The van der Waals surface area contributed by atoms with Crippen LogP contribution in [0.1, 0.15) is 95.6 Å². The lowest BCUT2D eigenvalue weighted by molar-refractivity contribution is -0.171. The predicted molar refractivity (Wildman–Crippen MR) is 148 cm³/mol. The van der Waals surface area contributed by atoms with Gasteiger partial charge in [0, 0.05) is 22.3 Å². The molecule has 0 radical (unpaired) electrons. The fraction of sp³-hybridized carbons (Fsp3) is 0.531. The van der Waals surface area contributed by atoms with Crippen molar-refractivity contribution < 1.29 is 34.8 Å². The van der Waals surface area contributed by atoms with Crippen molar-refractivity contribution in [1.82, 2.24) is 0 Å². The van der Waals surface area contributed by atoms with Gasteiger partial charge in [-0.1, -0.05) is 58.8 Å². The van der Waals surface area contributed by atoms with Crippen LogP contribution in [0.25, 0.3) is 6.08 Å². The fourth-order valence-corrected chi connectivity index (χ4v) is 7.68. The van der Waals surface area contributed by atoms with E-state index in [2.05, 4.69) is 6.92 Å². The molecule has 0 spiro atoms. The standard InChI is InChI=1S/C32H40O7/c1-8-9-10-17(4)13-19-11-12-21(34)23-20(19)14-30(6)15-31(7)24(16(2)3)26(35)22(18(5)33)28(37)32(31,39)29(38)25(30)27(23)36/h11-13,16,24,34-35,38-39H,8-10,14-15H2,1-7H3/b17-13+/t24?,30-,31-,32+/m1/s1. The van der Waals surface area contributed by atoms with Crippen molar-refractivity contribution in [3.63, 3.8) is 0 Å². The number of aliphatic hydroxyl groups excluding tert-OH is 2. The van der Waals surface area contributed by atoms with Crippen molar-refractivity contribution in [3.8, 4) is 5.75 Å². The first kappa shape index (κ1) is 28.8. The van der Waals surface area contributed by atoms with Gasteiger partial charge in [0.25, 0.3) is 0 Å². The fourth-order valence-electron chi connectivity index (χ4n) is 7.68. The number of phenolic OH excluding ortho intramolecular Hbond substituents is 1. The summed E-state index contributed by atoms with van der Waals surface area (Å²) in [6, 6.07) is 3.23. The Hall–Kier alpha value is -3.19. The van der Waals surface area contributed by atoms with Gasteiger partial charge in [0.15, 0.2) is 17.2 Å². The summed E-state index contributed by atoms with van der Waals surface area (Å²) in [5, 5.41) is 45.8. The monoisotopic (exact) mass is 536 g/mol. The molecule has 4 N–H and O–H groups in total. The second-order valence-electron chi connectivity index (χ2n) is 12.6. The van der Waals surface area contributed by atoms with Crippen molar-refractivity contribution >= 4 is 23.4 Å². The molecule has 0 amide bonds. The Morgan fingerprint density at radius 2 is 1.77 bits per heavy atom. The van der Waals surface area contributed by atoms with Crippen molar-refractivity contribution in [3.05, 3.63) is 57.1 Å². The molecule has 0 bridgehead atoms. The van der Waals surface area contributed by atoms with Crippen molar-refractivity contribution in [2.24, 2.45) is 22.7 Å². The van der Waals surface area contributed by atoms with Crippen LogP contribution in [0, 0.1) is 22.7 Å². The normalized spacial score (nSPS) is 30.9. The maximum atomic E-state index is 14.1. The number of hydrogen-bond acceptors (Lipinski definition) is 7. The number of carbonyl (C=O) groups is 3. The van der Waals surface area contributed by atoms with Crippen LogP contribution >= 0.6 is 0 Å². The van der Waals surface area contributed by atoms with E-state index < -0.39 is 51.0 Å². The summed E-state index contributed by atoms with van der Waals surface area (Å²) in [5.74, 6) is -5.04. The van der Waals surface area contributed by atoms with E-state index in [4.69, 9.17) is 0 Å². The average molecular weight is 537 g/mol. The molecule has 1 unspecified atom stereocenters. The number of fused-ring (bicyclic) bond motifs is 3. The molecule has 7 heteroatoms. The van der Waals surface area contributed by atoms with Crippen LogP contribution in [0.3, 0.4) is 0 Å². The molecule has 0 fully saturated rings. The molecule has 1 aromatic rings. The third-order valence-electron chi connectivity index (χ3n) is 9.25. The Bertz CT molecular complexity index is 1380. The lowest BCUT2D eigenvalue weighted by Crippen LogP contribution is -2.67. The van der Waals surface area contributed by atoms with Crippen LogP contribution in [-0.2, 0) is 16.0 Å². The average Bonchev–Trinajstić information content (AvgIpc) is 2.81. The van der Waals surface area contributed by atoms with Crippen molar-refractivity contribution in [2.75, 3.05) is 0 Å². The van der Waals surface area contributed by atoms with Gasteiger partial charge in [-0.15, -0.1) is 0 Å². The third kappa shape index (κ3) is 3.92. The number of aliphatic hydroxyl groups is 3. The Kier molecular flexibility index (Phi) is 7.00. The van der Waals surface area contributed by atoms with Crippen LogP contribution in [0.4, 0.5) is 0 Å². The lowest BCUT2D eigenvalue weighted by Gasteiger charge is -2.59. The van der Waals surface area contributed by atoms with Gasteiger partial charge in [0.05, 0.1) is 5.56 Å². The molecule has 4 rings (SSSR count). The topological polar surface area (TPSA) is 132 Å². The van der Waals surface area contributed by atoms with Crippen LogP contribution in [0.2, 0.25) is 0 Å². The number of ketones is 3. The number of aromatic hydroxyl groups is 1. The van der Waals surface area contributed by atoms with Crippen molar-refractivity contribution in [1.29, 1.82) is 0 Å². The molecule has 0 saturated heterocycles. The first-order valence-electron chi connectivity index (χ1n) is 13.8. The molecule has 1 aromatic carbocycles. The molecule has 7 nitrogen and oxygen atoms in total. The minimum Gasteiger partial charge on any atom is -0.511 e. The van der Waals surface area contributed by atoms with Crippen LogP contribution in [-0.4, -0.2) is 43.4 Å². The highest BCUT2D eigenvalue weighted by molar-refractivity contribution is 6.25. The summed E-state index contributed by atoms with van der Waals surface area (Å²) < 4.78 is 0. The minimum atomic E-state index is -2.60. The maximum Gasteiger partial charge on any atom is 0.209 e. The Morgan fingerprint density at radius 1 is 1.13 bits per heavy atom. The minimum absolute atomic E-state index is 0.0483. The van der Waals surface area contributed by atoms with Gasteiger partial charge < -0.3 is 20.4 Å². The van der Waals surface area contributed by atoms with Gasteiger partial charge in [-0.2, -0.15) is 0 Å². The number of Topliss-reactive ketones (excluding diaryl/α,β-unsaturated/α-hetero) is 3. The number of hydrogen-bond donors (Lipinski definition) is 4. The van der Waals surface area contributed by atoms with Gasteiger partial charge in [-0.25, -0.2) is 0 Å². The Balaban J connectivity index is 2.01. The van der Waals surface area contributed by atoms with E-state index in [-0.39, 0.29) is 41.4 Å². The molecular formula is C32H40O7. The number of allylic oxidation sites excluding steroid dienone is 3. The SMILES string of the molecule is CCCC/C(C)=C/c1ccc(O)c2c1C[C@]1(C)C[C@]3(C)C(C(C)C)C(O)=C(C(C)=O)C(=O)[C@]3(O)C(O)=C1C2=O. The molecule has 0 aromatic heterocycles. The van der Waals surface area contributed by atoms with Gasteiger partial charge in [0.1, 0.15) is 22.8 Å². The Morgan fingerprint density at radius 3 is 2.33 bits per heavy atom. The van der Waals surface area contributed by atoms with Crippen LogP contribution in [0.15, 0.2) is 40.4 Å². The number of benzene rings is 1. The van der Waals surface area contributed by atoms with Crippen LogP contribution in [0.5, 0.6) is 5.75 Å². The quantitative estimate of drug-likeness (QED) is 0.331. The number of unbranched alkanes of at least 4 members (excludes halogenated alkanes) is 1. The summed E-state index contributed by atoms with van der Waals surface area (Å²) in [7, 11) is 0. The van der Waals surface area contributed by atoms with Gasteiger partial charge in [-0.05, 0) is 62.6 Å². The molecule has 210 valence electrons. The van der Waals surface area contributed by atoms with Gasteiger partial charge in [-0.3, -0.25) is 14.4 Å². The second kappa shape index (κ2) is 9.47. The molecule has 39 heavy (non-hydrogen) atoms. The summed E-state index contributed by atoms with van der Waals surface area (Å²) >= 11 is 0. The Labute approximate surface area is 229 Å². The number of carbonyl (C=O) groups excluding carboxylic acids is 3. The molecule has 3 aliphatic carbocycles. The van der Waals surface area contributed by atoms with E-state index >= 15 is 0 Å². The zero-order chi connectivity index (χ0) is 29.2. The summed E-state index contributed by atoms with van der Waals surface area (Å²) in [6.45, 7) is 12.4. The van der Waals surface area contributed by atoms with E-state index in [1.54, 1.807) is 13.0 Å². The first-order valence-corrected chi connectivity index (χ1v) is 13.8. The molecule has 3 aliphatic rings. The van der Waals surface area contributed by atoms with Gasteiger partial charge >= 0.3 is 0 Å². The molecule has 0 heterocycles. The summed E-state index contributed by atoms with van der Waals surface area (Å²) in [6.07, 6.45) is 5.35. The highest BCUT2D eigenvalue weighted by Crippen LogP contribution is 2.65. The lowest BCUT2D eigenvalue weighted by atomic mass is 9.44. The zero-order valence-electron chi connectivity index (χ0n) is 23.9. The largest absolute Gasteiger partial charge is 0.511 e. The van der Waals surface area contributed by atoms with E-state index in [0.717, 1.165) is 37.3 Å². The van der Waals surface area contributed by atoms with E-state index in [1.807, 2.05) is 33.8 Å². The molecule has 0 aliphatic heterocycles. The summed E-state index contributed by atoms with van der Waals surface area (Å²) in [4.78, 5) is 40.3. The summed E-state index contributed by atoms with van der Waals surface area (Å²) in [5.41, 5.74) is -3.08. The molecular weight excluding hydrogens is 496 g/mol. The van der Waals surface area contributed by atoms with Gasteiger partial charge in [0.2, 0.25) is 5.78 Å². The smallest absolute Gasteiger partial charge is 0.209 e. The number of rotatable bonds is 6. The maximum absolute atomic E-state index is 14.1. The van der Waals surface area contributed by atoms with Crippen LogP contribution < -0.4 is 0 Å². The molecule has 0 saturated carbocycles. The number of phenols is 1. The van der Waals surface area contributed by atoms with E-state index in [1.165, 1.54) is 6.07 Å². The highest BCUT2D eigenvalue weighted by Gasteiger charge is 2.71.